The molecular weight excluding hydrogens is 366 g/mol. The smallest absolute Gasteiger partial charge is 0.225 e. The molecule has 2 aromatic rings. The van der Waals surface area contributed by atoms with E-state index in [4.69, 9.17) is 0 Å². The van der Waals surface area contributed by atoms with Gasteiger partial charge in [0.15, 0.2) is 0 Å². The summed E-state index contributed by atoms with van der Waals surface area (Å²) in [4.78, 5) is 14.3. The highest BCUT2D eigenvalue weighted by molar-refractivity contribution is 9.10. The number of anilines is 1. The van der Waals surface area contributed by atoms with E-state index in [2.05, 4.69) is 27.3 Å². The Kier molecular flexibility index (Phi) is 6.67. The van der Waals surface area contributed by atoms with Gasteiger partial charge in [-0.05, 0) is 46.5 Å². The van der Waals surface area contributed by atoms with Crippen LogP contribution in [-0.2, 0) is 4.79 Å². The molecule has 0 radical (unpaired) electrons. The van der Waals surface area contributed by atoms with Crippen LogP contribution in [0.15, 0.2) is 62.8 Å². The molecule has 0 aliphatic carbocycles. The van der Waals surface area contributed by atoms with Gasteiger partial charge in [0.05, 0.1) is 5.69 Å². The molecule has 0 saturated heterocycles. The van der Waals surface area contributed by atoms with Gasteiger partial charge in [-0.2, -0.15) is 0 Å². The molecule has 110 valence electrons. The number of rotatable bonds is 6. The summed E-state index contributed by atoms with van der Waals surface area (Å²) < 4.78 is 1.07. The van der Waals surface area contributed by atoms with E-state index >= 15 is 0 Å². The number of carbonyl (C=O) groups excluding carboxylic acids is 1. The van der Waals surface area contributed by atoms with E-state index in [-0.39, 0.29) is 5.91 Å². The standard InChI is InChI=1S/C16H16BrNOS2/c1-20-15-9-5-3-7-13(15)18-16(19)10-11-21-14-8-4-2-6-12(14)17/h2-9H,10-11H2,1H3,(H,18,19). The second kappa shape index (κ2) is 8.51. The fourth-order valence-electron chi connectivity index (χ4n) is 1.78. The van der Waals surface area contributed by atoms with E-state index in [1.165, 1.54) is 0 Å². The van der Waals surface area contributed by atoms with E-state index in [0.29, 0.717) is 6.42 Å². The first-order valence-electron chi connectivity index (χ1n) is 6.51. The SMILES string of the molecule is CSc1ccccc1NC(=O)CCSc1ccccc1Br. The van der Waals surface area contributed by atoms with Crippen molar-refractivity contribution in [2.24, 2.45) is 0 Å². The Labute approximate surface area is 142 Å². The van der Waals surface area contributed by atoms with Gasteiger partial charge in [0.25, 0.3) is 0 Å². The number of benzene rings is 2. The molecule has 0 saturated carbocycles. The summed E-state index contributed by atoms with van der Waals surface area (Å²) in [5, 5.41) is 2.98. The maximum atomic E-state index is 12.0. The second-order valence-electron chi connectivity index (χ2n) is 4.28. The minimum Gasteiger partial charge on any atom is -0.325 e. The Balaban J connectivity index is 1.84. The molecule has 0 atom stereocenters. The van der Waals surface area contributed by atoms with Gasteiger partial charge >= 0.3 is 0 Å². The Hall–Kier alpha value is -0.910. The summed E-state index contributed by atoms with van der Waals surface area (Å²) in [7, 11) is 0. The molecule has 2 rings (SSSR count). The van der Waals surface area contributed by atoms with Crippen molar-refractivity contribution in [1.29, 1.82) is 0 Å². The largest absolute Gasteiger partial charge is 0.325 e. The van der Waals surface area contributed by atoms with E-state index in [1.54, 1.807) is 23.5 Å². The van der Waals surface area contributed by atoms with Crippen LogP contribution in [0, 0.1) is 0 Å². The summed E-state index contributed by atoms with van der Waals surface area (Å²) in [5.41, 5.74) is 0.890. The first kappa shape index (κ1) is 16.5. The van der Waals surface area contributed by atoms with Crippen LogP contribution in [-0.4, -0.2) is 17.9 Å². The molecule has 0 spiro atoms. The molecule has 5 heteroatoms. The summed E-state index contributed by atoms with van der Waals surface area (Å²) in [5.74, 6) is 0.812. The van der Waals surface area contributed by atoms with Gasteiger partial charge in [0.2, 0.25) is 5.91 Å². The lowest BCUT2D eigenvalue weighted by atomic mass is 10.3. The van der Waals surface area contributed by atoms with Crippen LogP contribution in [0.2, 0.25) is 0 Å². The highest BCUT2D eigenvalue weighted by atomic mass is 79.9. The van der Waals surface area contributed by atoms with Crippen molar-refractivity contribution in [1.82, 2.24) is 0 Å². The van der Waals surface area contributed by atoms with Crippen molar-refractivity contribution in [3.8, 4) is 0 Å². The third kappa shape index (κ3) is 5.09. The van der Waals surface area contributed by atoms with Gasteiger partial charge < -0.3 is 5.32 Å². The van der Waals surface area contributed by atoms with Crippen molar-refractivity contribution < 1.29 is 4.79 Å². The van der Waals surface area contributed by atoms with Gasteiger partial charge in [0.1, 0.15) is 0 Å². The lowest BCUT2D eigenvalue weighted by Gasteiger charge is -2.09. The monoisotopic (exact) mass is 381 g/mol. The Morgan fingerprint density at radius 2 is 1.76 bits per heavy atom. The molecule has 0 unspecified atom stereocenters. The average molecular weight is 382 g/mol. The molecule has 2 nitrogen and oxygen atoms in total. The quantitative estimate of drug-likeness (QED) is 0.688. The molecule has 2 aromatic carbocycles. The third-order valence-corrected chi connectivity index (χ3v) is 5.63. The van der Waals surface area contributed by atoms with Crippen molar-refractivity contribution in [3.05, 3.63) is 53.0 Å². The third-order valence-electron chi connectivity index (χ3n) is 2.80. The Morgan fingerprint density at radius 1 is 1.10 bits per heavy atom. The summed E-state index contributed by atoms with van der Waals surface area (Å²) in [6.07, 6.45) is 2.50. The fourth-order valence-corrected chi connectivity index (χ4v) is 3.85. The molecule has 1 N–H and O–H groups in total. The number of carbonyl (C=O) groups is 1. The molecule has 0 fully saturated rings. The van der Waals surface area contributed by atoms with E-state index < -0.39 is 0 Å². The Morgan fingerprint density at radius 3 is 2.48 bits per heavy atom. The highest BCUT2D eigenvalue weighted by Gasteiger charge is 2.07. The van der Waals surface area contributed by atoms with Crippen molar-refractivity contribution in [2.45, 2.75) is 16.2 Å². The number of nitrogens with one attached hydrogen (secondary N) is 1. The van der Waals surface area contributed by atoms with E-state index in [9.17, 15) is 4.79 Å². The van der Waals surface area contributed by atoms with Crippen LogP contribution in [0.5, 0.6) is 0 Å². The molecule has 0 heterocycles. The van der Waals surface area contributed by atoms with Crippen LogP contribution < -0.4 is 5.32 Å². The van der Waals surface area contributed by atoms with Crippen LogP contribution in [0.1, 0.15) is 6.42 Å². The summed E-state index contributed by atoms with van der Waals surface area (Å²) in [6, 6.07) is 15.9. The normalized spacial score (nSPS) is 10.4. The zero-order valence-electron chi connectivity index (χ0n) is 11.6. The van der Waals surface area contributed by atoms with E-state index in [1.807, 2.05) is 48.7 Å². The molecule has 0 aliphatic heterocycles. The topological polar surface area (TPSA) is 29.1 Å². The van der Waals surface area contributed by atoms with Gasteiger partial charge in [-0.15, -0.1) is 23.5 Å². The van der Waals surface area contributed by atoms with Gasteiger partial charge in [-0.3, -0.25) is 4.79 Å². The average Bonchev–Trinajstić information content (AvgIpc) is 2.50. The lowest BCUT2D eigenvalue weighted by Crippen LogP contribution is -2.12. The maximum absolute atomic E-state index is 12.0. The zero-order valence-corrected chi connectivity index (χ0v) is 14.9. The van der Waals surface area contributed by atoms with Crippen LogP contribution in [0.4, 0.5) is 5.69 Å². The first-order valence-corrected chi connectivity index (χ1v) is 9.51. The molecule has 0 aromatic heterocycles. The molecular formula is C16H16BrNOS2. The zero-order chi connectivity index (χ0) is 15.1. The number of para-hydroxylation sites is 1. The summed E-state index contributed by atoms with van der Waals surface area (Å²) in [6.45, 7) is 0. The van der Waals surface area contributed by atoms with Crippen LogP contribution in [0.25, 0.3) is 0 Å². The number of halogens is 1. The number of amides is 1. The highest BCUT2D eigenvalue weighted by Crippen LogP contribution is 2.28. The molecule has 1 amide bonds. The predicted octanol–water partition coefficient (Wildman–Crippen LogP) is 5.29. The number of hydrogen-bond acceptors (Lipinski definition) is 3. The van der Waals surface area contributed by atoms with Crippen molar-refractivity contribution in [3.63, 3.8) is 0 Å². The number of hydrogen-bond donors (Lipinski definition) is 1. The molecule has 0 bridgehead atoms. The lowest BCUT2D eigenvalue weighted by molar-refractivity contribution is -0.115. The first-order chi connectivity index (χ1) is 10.2. The molecule has 21 heavy (non-hydrogen) atoms. The summed E-state index contributed by atoms with van der Waals surface area (Å²) >= 11 is 6.83. The predicted molar refractivity (Wildman–Crippen MR) is 96.3 cm³/mol. The van der Waals surface area contributed by atoms with Crippen LogP contribution >= 0.6 is 39.5 Å². The fraction of sp³-hybridized carbons (Fsp3) is 0.188. The van der Waals surface area contributed by atoms with Gasteiger partial charge in [-0.25, -0.2) is 0 Å². The minimum atomic E-state index is 0.0519. The van der Waals surface area contributed by atoms with Gasteiger partial charge in [0, 0.05) is 26.4 Å². The van der Waals surface area contributed by atoms with Crippen LogP contribution in [0.3, 0.4) is 0 Å². The van der Waals surface area contributed by atoms with E-state index in [0.717, 1.165) is 25.7 Å². The minimum absolute atomic E-state index is 0.0519. The van der Waals surface area contributed by atoms with Crippen molar-refractivity contribution >= 4 is 51.0 Å². The van der Waals surface area contributed by atoms with Crippen molar-refractivity contribution in [2.75, 3.05) is 17.3 Å². The second-order valence-corrected chi connectivity index (χ2v) is 7.12. The maximum Gasteiger partial charge on any atom is 0.225 e. The number of thioether (sulfide) groups is 2. The van der Waals surface area contributed by atoms with Gasteiger partial charge in [-0.1, -0.05) is 24.3 Å². The molecule has 0 aliphatic rings. The Bertz CT molecular complexity index is 619.